The van der Waals surface area contributed by atoms with Gasteiger partial charge in [-0.15, -0.1) is 0 Å². The van der Waals surface area contributed by atoms with Crippen LogP contribution in [0.15, 0.2) is 23.0 Å². The van der Waals surface area contributed by atoms with Crippen molar-refractivity contribution in [3.63, 3.8) is 0 Å². The van der Waals surface area contributed by atoms with Crippen LogP contribution in [0, 0.1) is 6.92 Å². The number of carbonyl (C=O) groups is 1. The predicted octanol–water partition coefficient (Wildman–Crippen LogP) is 2.21. The minimum absolute atomic E-state index is 0.234. The van der Waals surface area contributed by atoms with Gasteiger partial charge in [-0.3, -0.25) is 19.4 Å². The second kappa shape index (κ2) is 6.75. The molecule has 1 aromatic heterocycles. The van der Waals surface area contributed by atoms with Gasteiger partial charge >= 0.3 is 6.18 Å². The summed E-state index contributed by atoms with van der Waals surface area (Å²) in [5, 5.41) is 2.63. The van der Waals surface area contributed by atoms with Crippen LogP contribution in [0.5, 0.6) is 0 Å². The normalized spacial score (nSPS) is 12.4. The molecule has 0 amide bonds. The fraction of sp³-hybridized carbons (Fsp3) is 0.375. The number of hydrogen-bond donors (Lipinski definition) is 1. The number of halogens is 3. The van der Waals surface area contributed by atoms with Gasteiger partial charge in [0.1, 0.15) is 5.56 Å². The molecule has 0 unspecified atom stereocenters. The number of aryl methyl sites for hydroxylation is 2. The Morgan fingerprint density at radius 3 is 2.35 bits per heavy atom. The summed E-state index contributed by atoms with van der Waals surface area (Å²) in [6.07, 6.45) is -4.69. The number of alkyl halides is 3. The highest BCUT2D eigenvalue weighted by molar-refractivity contribution is 7.90. The molecule has 26 heavy (non-hydrogen) atoms. The lowest BCUT2D eigenvalue weighted by molar-refractivity contribution is -0.137. The third-order valence-electron chi connectivity index (χ3n) is 3.95. The number of hydrogen-bond acceptors (Lipinski definition) is 4. The molecule has 1 N–H and O–H groups in total. The Hall–Kier alpha value is -2.36. The Morgan fingerprint density at radius 1 is 1.27 bits per heavy atom. The standard InChI is InChI=1S/C16H17F3N2O4S/c1-4-26(24,25)8-10-7-11(16(17,18)19)5-6-12(10)14(22)13-9(2)20-21(3)15(13)23/h5-7,20H,4,8H2,1-3H3. The molecule has 0 fully saturated rings. The third-order valence-corrected chi connectivity index (χ3v) is 5.58. The molecule has 142 valence electrons. The smallest absolute Gasteiger partial charge is 0.299 e. The summed E-state index contributed by atoms with van der Waals surface area (Å²) in [7, 11) is -2.31. The Balaban J connectivity index is 2.67. The quantitative estimate of drug-likeness (QED) is 0.793. The Labute approximate surface area is 147 Å². The SMILES string of the molecule is CCS(=O)(=O)Cc1cc(C(F)(F)F)ccc1C(=O)c1c(C)[nH]n(C)c1=O. The van der Waals surface area contributed by atoms with Crippen LogP contribution in [0.2, 0.25) is 0 Å². The largest absolute Gasteiger partial charge is 0.416 e. The van der Waals surface area contributed by atoms with E-state index in [4.69, 9.17) is 0 Å². The second-order valence-electron chi connectivity index (χ2n) is 5.85. The molecular weight excluding hydrogens is 373 g/mol. The lowest BCUT2D eigenvalue weighted by Gasteiger charge is -2.13. The van der Waals surface area contributed by atoms with E-state index in [1.54, 1.807) is 0 Å². The van der Waals surface area contributed by atoms with Crippen molar-refractivity contribution in [2.75, 3.05) is 5.75 Å². The van der Waals surface area contributed by atoms with Gasteiger partial charge in [0.15, 0.2) is 9.84 Å². The number of benzene rings is 1. The van der Waals surface area contributed by atoms with Crippen LogP contribution in [-0.4, -0.2) is 29.7 Å². The highest BCUT2D eigenvalue weighted by Crippen LogP contribution is 2.31. The highest BCUT2D eigenvalue weighted by Gasteiger charge is 2.32. The van der Waals surface area contributed by atoms with Crippen molar-refractivity contribution in [3.8, 4) is 0 Å². The monoisotopic (exact) mass is 390 g/mol. The van der Waals surface area contributed by atoms with Crippen LogP contribution >= 0.6 is 0 Å². The maximum Gasteiger partial charge on any atom is 0.416 e. The maximum atomic E-state index is 13.0. The zero-order chi connectivity index (χ0) is 19.9. The molecule has 2 aromatic rings. The van der Waals surface area contributed by atoms with Crippen LogP contribution in [-0.2, 0) is 28.8 Å². The zero-order valence-electron chi connectivity index (χ0n) is 14.3. The fourth-order valence-corrected chi connectivity index (χ4v) is 3.46. The van der Waals surface area contributed by atoms with Gasteiger partial charge < -0.3 is 0 Å². The topological polar surface area (TPSA) is 89.0 Å². The summed E-state index contributed by atoms with van der Waals surface area (Å²) in [6, 6.07) is 2.26. The molecule has 2 rings (SSSR count). The number of sulfone groups is 1. The lowest BCUT2D eigenvalue weighted by atomic mass is 9.97. The van der Waals surface area contributed by atoms with Gasteiger partial charge in [-0.1, -0.05) is 13.0 Å². The van der Waals surface area contributed by atoms with E-state index in [0.29, 0.717) is 12.1 Å². The Kier molecular flexibility index (Phi) is 5.18. The van der Waals surface area contributed by atoms with Gasteiger partial charge in [0.05, 0.1) is 11.3 Å². The maximum absolute atomic E-state index is 13.0. The number of aromatic nitrogens is 2. The molecule has 1 heterocycles. The Bertz CT molecular complexity index is 1020. The molecule has 0 atom stereocenters. The minimum atomic E-state index is -4.69. The summed E-state index contributed by atoms with van der Waals surface area (Å²) >= 11 is 0. The molecule has 0 radical (unpaired) electrons. The van der Waals surface area contributed by atoms with Crippen LogP contribution in [0.4, 0.5) is 13.2 Å². The first-order valence-electron chi connectivity index (χ1n) is 7.58. The third kappa shape index (κ3) is 3.90. The van der Waals surface area contributed by atoms with Crippen molar-refractivity contribution in [2.24, 2.45) is 7.05 Å². The number of aromatic amines is 1. The van der Waals surface area contributed by atoms with Gasteiger partial charge in [0.25, 0.3) is 5.56 Å². The molecule has 0 aliphatic heterocycles. The molecule has 0 spiro atoms. The number of carbonyl (C=O) groups excluding carboxylic acids is 1. The van der Waals surface area contributed by atoms with E-state index < -0.39 is 38.7 Å². The van der Waals surface area contributed by atoms with Gasteiger partial charge in [-0.2, -0.15) is 13.2 Å². The number of rotatable bonds is 5. The van der Waals surface area contributed by atoms with Crippen LogP contribution in [0.25, 0.3) is 0 Å². The minimum Gasteiger partial charge on any atom is -0.299 e. The highest BCUT2D eigenvalue weighted by atomic mass is 32.2. The predicted molar refractivity (Wildman–Crippen MR) is 88.8 cm³/mol. The summed E-state index contributed by atoms with van der Waals surface area (Å²) in [6.45, 7) is 2.83. The summed E-state index contributed by atoms with van der Waals surface area (Å²) in [5.74, 6) is -1.83. The van der Waals surface area contributed by atoms with E-state index in [2.05, 4.69) is 5.10 Å². The second-order valence-corrected chi connectivity index (χ2v) is 8.20. The average Bonchev–Trinajstić information content (AvgIpc) is 2.78. The van der Waals surface area contributed by atoms with Crippen molar-refractivity contribution >= 4 is 15.6 Å². The average molecular weight is 390 g/mol. The van der Waals surface area contributed by atoms with Crippen LogP contribution in [0.1, 0.15) is 39.7 Å². The molecule has 0 aliphatic carbocycles. The number of ketones is 1. The van der Waals surface area contributed by atoms with Gasteiger partial charge in [0, 0.05) is 24.1 Å². The molecular formula is C16H17F3N2O4S. The van der Waals surface area contributed by atoms with Crippen molar-refractivity contribution < 1.29 is 26.4 Å². The number of H-pyrrole nitrogens is 1. The first-order valence-corrected chi connectivity index (χ1v) is 9.40. The molecule has 10 heteroatoms. The van der Waals surface area contributed by atoms with Crippen LogP contribution in [0.3, 0.4) is 0 Å². The first-order chi connectivity index (χ1) is 11.9. The van der Waals surface area contributed by atoms with Crippen molar-refractivity contribution in [1.29, 1.82) is 0 Å². The molecule has 0 saturated carbocycles. The van der Waals surface area contributed by atoms with Crippen LogP contribution < -0.4 is 5.56 Å². The van der Waals surface area contributed by atoms with E-state index in [9.17, 15) is 31.2 Å². The first kappa shape index (κ1) is 20.0. The van der Waals surface area contributed by atoms with E-state index in [0.717, 1.165) is 10.7 Å². The van der Waals surface area contributed by atoms with Gasteiger partial charge in [-0.25, -0.2) is 8.42 Å². The number of nitrogens with zero attached hydrogens (tertiary/aromatic N) is 1. The van der Waals surface area contributed by atoms with E-state index >= 15 is 0 Å². The molecule has 0 aliphatic rings. The molecule has 0 bridgehead atoms. The van der Waals surface area contributed by atoms with Crippen molar-refractivity contribution in [3.05, 3.63) is 56.5 Å². The summed E-state index contributed by atoms with van der Waals surface area (Å²) in [5.41, 5.74) is -2.22. The van der Waals surface area contributed by atoms with Crippen molar-refractivity contribution in [1.82, 2.24) is 9.78 Å². The molecule has 1 aromatic carbocycles. The fourth-order valence-electron chi connectivity index (χ4n) is 2.54. The molecule has 6 nitrogen and oxygen atoms in total. The summed E-state index contributed by atoms with van der Waals surface area (Å²) in [4.78, 5) is 24.8. The van der Waals surface area contributed by atoms with Crippen molar-refractivity contribution in [2.45, 2.75) is 25.8 Å². The van der Waals surface area contributed by atoms with E-state index in [-0.39, 0.29) is 28.1 Å². The van der Waals surface area contributed by atoms with E-state index in [1.165, 1.54) is 20.9 Å². The Morgan fingerprint density at radius 2 is 1.88 bits per heavy atom. The van der Waals surface area contributed by atoms with Gasteiger partial charge in [0.2, 0.25) is 5.78 Å². The lowest BCUT2D eigenvalue weighted by Crippen LogP contribution is -2.21. The summed E-state index contributed by atoms with van der Waals surface area (Å²) < 4.78 is 63.8. The van der Waals surface area contributed by atoms with Gasteiger partial charge in [-0.05, 0) is 24.6 Å². The number of nitrogens with one attached hydrogen (secondary N) is 1. The molecule has 0 saturated heterocycles. The zero-order valence-corrected chi connectivity index (χ0v) is 15.1. The van der Waals surface area contributed by atoms with E-state index in [1.807, 2.05) is 0 Å².